The number of nitrogens with one attached hydrogen (secondary N) is 3. The zero-order valence-corrected chi connectivity index (χ0v) is 16.0. The maximum atomic E-state index is 12.8. The summed E-state index contributed by atoms with van der Waals surface area (Å²) in [5, 5.41) is 0. The largest absolute Gasteiger partial charge is 0.337 e. The zero-order valence-electron chi connectivity index (χ0n) is 16.0. The number of hydrogen-bond acceptors (Lipinski definition) is 3. The van der Waals surface area contributed by atoms with Crippen molar-refractivity contribution in [1.29, 1.82) is 0 Å². The van der Waals surface area contributed by atoms with Crippen LogP contribution in [0.2, 0.25) is 0 Å². The van der Waals surface area contributed by atoms with Crippen molar-refractivity contribution in [3.05, 3.63) is 29.6 Å². The number of hydrazine groups is 1. The fourth-order valence-corrected chi connectivity index (χ4v) is 6.36. The maximum Gasteiger partial charge on any atom is 0.295 e. The van der Waals surface area contributed by atoms with E-state index in [1.54, 1.807) is 0 Å². The molecular formula is C21H24F2N4O2. The van der Waals surface area contributed by atoms with E-state index in [9.17, 15) is 18.4 Å². The SMILES string of the molecule is O=C(CC12CC3CC(CC(C3)C1)C2)NNC(=O)c1ccc2nc(C(F)F)[nH]c2c1. The molecule has 3 N–H and O–H groups in total. The van der Waals surface area contributed by atoms with Gasteiger partial charge in [-0.15, -0.1) is 0 Å². The Morgan fingerprint density at radius 2 is 1.76 bits per heavy atom. The summed E-state index contributed by atoms with van der Waals surface area (Å²) in [6.07, 6.45) is 5.09. The fraction of sp³-hybridized carbons (Fsp3) is 0.571. The maximum absolute atomic E-state index is 12.8. The highest BCUT2D eigenvalue weighted by Gasteiger charge is 2.51. The second kappa shape index (κ2) is 6.78. The minimum Gasteiger partial charge on any atom is -0.337 e. The number of nitrogens with zero attached hydrogens (tertiary/aromatic N) is 1. The van der Waals surface area contributed by atoms with Crippen LogP contribution in [0.15, 0.2) is 18.2 Å². The van der Waals surface area contributed by atoms with Gasteiger partial charge in [-0.1, -0.05) is 0 Å². The molecule has 0 radical (unpaired) electrons. The Bertz CT molecular complexity index is 935. The minimum absolute atomic E-state index is 0.101. The van der Waals surface area contributed by atoms with Crippen LogP contribution in [0.1, 0.15) is 67.6 Å². The molecule has 0 aliphatic heterocycles. The van der Waals surface area contributed by atoms with Gasteiger partial charge in [0.25, 0.3) is 12.3 Å². The van der Waals surface area contributed by atoms with Gasteiger partial charge >= 0.3 is 0 Å². The predicted octanol–water partition coefficient (Wildman–Crippen LogP) is 3.87. The number of amides is 2. The molecule has 4 bridgehead atoms. The molecule has 2 amide bonds. The van der Waals surface area contributed by atoms with Gasteiger partial charge in [-0.3, -0.25) is 20.4 Å². The predicted molar refractivity (Wildman–Crippen MR) is 102 cm³/mol. The van der Waals surface area contributed by atoms with Gasteiger partial charge in [0.1, 0.15) is 0 Å². The van der Waals surface area contributed by atoms with E-state index in [0.717, 1.165) is 37.0 Å². The number of carbonyl (C=O) groups excluding carboxylic acids is 2. The molecule has 0 saturated heterocycles. The Hall–Kier alpha value is -2.51. The third-order valence-electron chi connectivity index (χ3n) is 6.99. The molecule has 2 aromatic rings. The average molecular weight is 402 g/mol. The molecule has 29 heavy (non-hydrogen) atoms. The first-order valence-electron chi connectivity index (χ1n) is 10.3. The quantitative estimate of drug-likeness (QED) is 0.679. The summed E-state index contributed by atoms with van der Waals surface area (Å²) in [6.45, 7) is 0. The van der Waals surface area contributed by atoms with Crippen molar-refractivity contribution in [2.45, 2.75) is 51.4 Å². The van der Waals surface area contributed by atoms with Crippen molar-refractivity contribution >= 4 is 22.8 Å². The van der Waals surface area contributed by atoms with E-state index in [2.05, 4.69) is 20.8 Å². The fourth-order valence-electron chi connectivity index (χ4n) is 6.36. The van der Waals surface area contributed by atoms with E-state index in [-0.39, 0.29) is 16.9 Å². The average Bonchev–Trinajstić information content (AvgIpc) is 3.08. The number of aromatic nitrogens is 2. The van der Waals surface area contributed by atoms with Crippen LogP contribution >= 0.6 is 0 Å². The first-order chi connectivity index (χ1) is 13.9. The van der Waals surface area contributed by atoms with Crippen molar-refractivity contribution in [2.75, 3.05) is 0 Å². The van der Waals surface area contributed by atoms with Crippen LogP contribution in [0.3, 0.4) is 0 Å². The number of H-pyrrole nitrogens is 1. The Kier molecular flexibility index (Phi) is 4.33. The number of hydrogen-bond donors (Lipinski definition) is 3. The van der Waals surface area contributed by atoms with Crippen LogP contribution in [-0.4, -0.2) is 21.8 Å². The molecule has 0 atom stereocenters. The normalized spacial score (nSPS) is 30.1. The van der Waals surface area contributed by atoms with E-state index in [1.807, 2.05) is 0 Å². The van der Waals surface area contributed by atoms with Gasteiger partial charge in [0.2, 0.25) is 5.91 Å². The number of rotatable bonds is 4. The monoisotopic (exact) mass is 402 g/mol. The highest BCUT2D eigenvalue weighted by atomic mass is 19.3. The van der Waals surface area contributed by atoms with Crippen LogP contribution in [0.4, 0.5) is 8.78 Å². The number of imidazole rings is 1. The molecule has 1 heterocycles. The highest BCUT2D eigenvalue weighted by molar-refractivity contribution is 5.98. The van der Waals surface area contributed by atoms with Gasteiger partial charge in [0.15, 0.2) is 5.82 Å². The Balaban J connectivity index is 1.20. The summed E-state index contributed by atoms with van der Waals surface area (Å²) in [6, 6.07) is 4.46. The Labute approximate surface area is 166 Å². The lowest BCUT2D eigenvalue weighted by Gasteiger charge is -2.56. The van der Waals surface area contributed by atoms with Crippen molar-refractivity contribution in [1.82, 2.24) is 20.8 Å². The van der Waals surface area contributed by atoms with Crippen molar-refractivity contribution in [3.63, 3.8) is 0 Å². The summed E-state index contributed by atoms with van der Waals surface area (Å²) < 4.78 is 25.5. The lowest BCUT2D eigenvalue weighted by molar-refractivity contribution is -0.130. The van der Waals surface area contributed by atoms with Crippen LogP contribution in [0.25, 0.3) is 11.0 Å². The van der Waals surface area contributed by atoms with Crippen molar-refractivity contribution in [3.8, 4) is 0 Å². The number of fused-ring (bicyclic) bond motifs is 1. The van der Waals surface area contributed by atoms with E-state index < -0.39 is 18.2 Å². The minimum atomic E-state index is -2.71. The molecule has 0 spiro atoms. The van der Waals surface area contributed by atoms with E-state index in [0.29, 0.717) is 17.5 Å². The van der Waals surface area contributed by atoms with Crippen molar-refractivity contribution in [2.24, 2.45) is 23.2 Å². The molecule has 154 valence electrons. The van der Waals surface area contributed by atoms with Crippen LogP contribution in [0, 0.1) is 23.2 Å². The molecule has 4 fully saturated rings. The molecule has 6 nitrogen and oxygen atoms in total. The number of carbonyl (C=O) groups is 2. The van der Waals surface area contributed by atoms with E-state index in [1.165, 1.54) is 37.5 Å². The third kappa shape index (κ3) is 3.49. The third-order valence-corrected chi connectivity index (χ3v) is 6.99. The van der Waals surface area contributed by atoms with Crippen molar-refractivity contribution < 1.29 is 18.4 Å². The molecule has 6 rings (SSSR count). The van der Waals surface area contributed by atoms with Gasteiger partial charge in [-0.2, -0.15) is 0 Å². The smallest absolute Gasteiger partial charge is 0.295 e. The molecule has 4 saturated carbocycles. The molecule has 4 aliphatic rings. The molecule has 8 heteroatoms. The lowest BCUT2D eigenvalue weighted by atomic mass is 9.49. The zero-order chi connectivity index (χ0) is 20.2. The Morgan fingerprint density at radius 1 is 1.10 bits per heavy atom. The number of benzene rings is 1. The van der Waals surface area contributed by atoms with E-state index in [4.69, 9.17) is 0 Å². The van der Waals surface area contributed by atoms with Gasteiger partial charge in [0.05, 0.1) is 11.0 Å². The summed E-state index contributed by atoms with van der Waals surface area (Å²) >= 11 is 0. The van der Waals surface area contributed by atoms with Crippen LogP contribution < -0.4 is 10.9 Å². The molecule has 1 aromatic heterocycles. The summed E-state index contributed by atoms with van der Waals surface area (Å²) in [7, 11) is 0. The van der Waals surface area contributed by atoms with Gasteiger partial charge in [0, 0.05) is 12.0 Å². The van der Waals surface area contributed by atoms with Crippen LogP contribution in [0.5, 0.6) is 0 Å². The van der Waals surface area contributed by atoms with Crippen LogP contribution in [-0.2, 0) is 4.79 Å². The van der Waals surface area contributed by atoms with Gasteiger partial charge < -0.3 is 4.98 Å². The standard InChI is InChI=1S/C21H24F2N4O2/c22-18(23)19-24-15-2-1-14(6-16(15)25-19)20(29)27-26-17(28)10-21-7-11-3-12(8-21)5-13(4-11)9-21/h1-2,6,11-13,18H,3-5,7-10H2,(H,24,25)(H,26,28)(H,27,29). The topological polar surface area (TPSA) is 86.9 Å². The van der Waals surface area contributed by atoms with Gasteiger partial charge in [-0.05, 0) is 79.9 Å². The second-order valence-electron chi connectivity index (χ2n) is 9.25. The number of aromatic amines is 1. The summed E-state index contributed by atoms with van der Waals surface area (Å²) in [4.78, 5) is 31.2. The molecular weight excluding hydrogens is 378 g/mol. The summed E-state index contributed by atoms with van der Waals surface area (Å²) in [5.74, 6) is 1.22. The molecule has 0 unspecified atom stereocenters. The second-order valence-corrected chi connectivity index (χ2v) is 9.25. The highest BCUT2D eigenvalue weighted by Crippen LogP contribution is 2.61. The summed E-state index contributed by atoms with van der Waals surface area (Å²) in [5.41, 5.74) is 6.08. The molecule has 1 aromatic carbocycles. The molecule has 4 aliphatic carbocycles. The van der Waals surface area contributed by atoms with Gasteiger partial charge in [-0.25, -0.2) is 13.8 Å². The first kappa shape index (κ1) is 18.5. The number of alkyl halides is 2. The lowest BCUT2D eigenvalue weighted by Crippen LogP contribution is -2.50. The Morgan fingerprint density at radius 3 is 2.38 bits per heavy atom. The number of halogens is 2. The first-order valence-corrected chi connectivity index (χ1v) is 10.3. The van der Waals surface area contributed by atoms with E-state index >= 15 is 0 Å².